The SMILES string of the molecule is CCCCCCC(OC)(OC)c1cccc(OC(=O)O)c1O. The van der Waals surface area contributed by atoms with Crippen molar-refractivity contribution in [2.24, 2.45) is 0 Å². The molecule has 0 heterocycles. The molecule has 0 saturated carbocycles. The minimum absolute atomic E-state index is 0.142. The molecule has 0 spiro atoms. The van der Waals surface area contributed by atoms with Crippen LogP contribution in [0.2, 0.25) is 0 Å². The number of aromatic hydroxyl groups is 1. The second kappa shape index (κ2) is 8.60. The Labute approximate surface area is 130 Å². The van der Waals surface area contributed by atoms with Crippen LogP contribution >= 0.6 is 0 Å². The number of carbonyl (C=O) groups is 1. The van der Waals surface area contributed by atoms with Gasteiger partial charge in [0.25, 0.3) is 0 Å². The molecule has 0 atom stereocenters. The van der Waals surface area contributed by atoms with E-state index in [2.05, 4.69) is 11.7 Å². The summed E-state index contributed by atoms with van der Waals surface area (Å²) in [5.41, 5.74) is 0.354. The molecule has 1 aromatic carbocycles. The quantitative estimate of drug-likeness (QED) is 0.312. The van der Waals surface area contributed by atoms with E-state index in [4.69, 9.17) is 14.6 Å². The van der Waals surface area contributed by atoms with Crippen molar-refractivity contribution in [2.45, 2.75) is 44.8 Å². The van der Waals surface area contributed by atoms with E-state index in [1.54, 1.807) is 12.1 Å². The van der Waals surface area contributed by atoms with Crippen LogP contribution < -0.4 is 4.74 Å². The van der Waals surface area contributed by atoms with Crippen molar-refractivity contribution >= 4 is 6.16 Å². The third kappa shape index (κ3) is 4.35. The van der Waals surface area contributed by atoms with E-state index in [9.17, 15) is 9.90 Å². The molecule has 1 rings (SSSR count). The molecule has 0 aliphatic rings. The zero-order chi connectivity index (χ0) is 16.6. The highest BCUT2D eigenvalue weighted by molar-refractivity contribution is 5.63. The summed E-state index contributed by atoms with van der Waals surface area (Å²) in [6, 6.07) is 4.60. The van der Waals surface area contributed by atoms with E-state index in [1.165, 1.54) is 20.3 Å². The first-order chi connectivity index (χ1) is 10.5. The number of phenolic OH excluding ortho intramolecular Hbond substituents is 1. The fourth-order valence-corrected chi connectivity index (χ4v) is 2.43. The Morgan fingerprint density at radius 2 is 1.86 bits per heavy atom. The van der Waals surface area contributed by atoms with Crippen LogP contribution in [0.5, 0.6) is 11.5 Å². The van der Waals surface area contributed by atoms with Crippen LogP contribution in [0.4, 0.5) is 4.79 Å². The summed E-state index contributed by atoms with van der Waals surface area (Å²) in [6.45, 7) is 2.12. The van der Waals surface area contributed by atoms with E-state index < -0.39 is 11.9 Å². The van der Waals surface area contributed by atoms with Gasteiger partial charge >= 0.3 is 6.16 Å². The second-order valence-corrected chi connectivity index (χ2v) is 4.99. The first-order valence-corrected chi connectivity index (χ1v) is 7.34. The van der Waals surface area contributed by atoms with Crippen molar-refractivity contribution in [2.75, 3.05) is 14.2 Å². The van der Waals surface area contributed by atoms with Crippen LogP contribution in [0.1, 0.15) is 44.6 Å². The van der Waals surface area contributed by atoms with Gasteiger partial charge in [-0.05, 0) is 18.6 Å². The van der Waals surface area contributed by atoms with Crippen molar-refractivity contribution in [3.63, 3.8) is 0 Å². The van der Waals surface area contributed by atoms with E-state index >= 15 is 0 Å². The number of phenols is 1. The van der Waals surface area contributed by atoms with E-state index in [-0.39, 0.29) is 11.5 Å². The predicted molar refractivity (Wildman–Crippen MR) is 81.2 cm³/mol. The molecule has 2 N–H and O–H groups in total. The van der Waals surface area contributed by atoms with Crippen LogP contribution in [0.15, 0.2) is 18.2 Å². The Kier molecular flexibility index (Phi) is 7.14. The summed E-state index contributed by atoms with van der Waals surface area (Å²) in [7, 11) is 2.99. The Bertz CT molecular complexity index is 482. The van der Waals surface area contributed by atoms with Crippen LogP contribution in [-0.2, 0) is 15.3 Å². The largest absolute Gasteiger partial charge is 0.511 e. The molecule has 6 heteroatoms. The van der Waals surface area contributed by atoms with Crippen LogP contribution in [0.25, 0.3) is 0 Å². The van der Waals surface area contributed by atoms with E-state index in [1.807, 2.05) is 0 Å². The fraction of sp³-hybridized carbons (Fsp3) is 0.562. The number of ether oxygens (including phenoxy) is 3. The molecule has 0 unspecified atom stereocenters. The van der Waals surface area contributed by atoms with Gasteiger partial charge in [-0.3, -0.25) is 0 Å². The molecule has 1 aromatic rings. The van der Waals surface area contributed by atoms with Crippen LogP contribution in [0, 0.1) is 0 Å². The van der Waals surface area contributed by atoms with Crippen LogP contribution in [-0.4, -0.2) is 30.6 Å². The molecular weight excluding hydrogens is 288 g/mol. The lowest BCUT2D eigenvalue weighted by Crippen LogP contribution is -2.31. The zero-order valence-electron chi connectivity index (χ0n) is 13.3. The van der Waals surface area contributed by atoms with Crippen molar-refractivity contribution < 1.29 is 29.2 Å². The Morgan fingerprint density at radius 3 is 2.41 bits per heavy atom. The molecular formula is C16H24O6. The van der Waals surface area contributed by atoms with Crippen molar-refractivity contribution in [3.05, 3.63) is 23.8 Å². The number of methoxy groups -OCH3 is 2. The first-order valence-electron chi connectivity index (χ1n) is 7.34. The summed E-state index contributed by atoms with van der Waals surface area (Å²) in [6.07, 6.45) is 3.16. The molecule has 22 heavy (non-hydrogen) atoms. The van der Waals surface area contributed by atoms with Gasteiger partial charge in [-0.2, -0.15) is 0 Å². The van der Waals surface area contributed by atoms with Crippen LogP contribution in [0.3, 0.4) is 0 Å². The molecule has 0 amide bonds. The third-order valence-corrected chi connectivity index (χ3v) is 3.63. The monoisotopic (exact) mass is 312 g/mol. The highest BCUT2D eigenvalue weighted by Crippen LogP contribution is 2.41. The average Bonchev–Trinajstić information content (AvgIpc) is 2.50. The van der Waals surface area contributed by atoms with Gasteiger partial charge in [0.15, 0.2) is 17.3 Å². The van der Waals surface area contributed by atoms with Gasteiger partial charge < -0.3 is 24.4 Å². The normalized spacial score (nSPS) is 11.4. The smallest absolute Gasteiger partial charge is 0.504 e. The molecule has 124 valence electrons. The van der Waals surface area contributed by atoms with Crippen molar-refractivity contribution in [1.29, 1.82) is 0 Å². The Hall–Kier alpha value is -1.79. The molecule has 0 aliphatic heterocycles. The average molecular weight is 312 g/mol. The topological polar surface area (TPSA) is 85.2 Å². The van der Waals surface area contributed by atoms with Gasteiger partial charge in [0.2, 0.25) is 0 Å². The molecule has 0 aromatic heterocycles. The highest BCUT2D eigenvalue weighted by atomic mass is 16.7. The van der Waals surface area contributed by atoms with E-state index in [0.29, 0.717) is 12.0 Å². The second-order valence-electron chi connectivity index (χ2n) is 4.99. The lowest BCUT2D eigenvalue weighted by molar-refractivity contribution is -0.221. The van der Waals surface area contributed by atoms with Crippen molar-refractivity contribution in [3.8, 4) is 11.5 Å². The molecule has 0 saturated heterocycles. The third-order valence-electron chi connectivity index (χ3n) is 3.63. The lowest BCUT2D eigenvalue weighted by atomic mass is 9.97. The Balaban J connectivity index is 3.06. The molecule has 0 aliphatic carbocycles. The predicted octanol–water partition coefficient (Wildman–Crippen LogP) is 3.87. The maximum absolute atomic E-state index is 10.7. The Morgan fingerprint density at radius 1 is 1.18 bits per heavy atom. The van der Waals surface area contributed by atoms with Gasteiger partial charge in [0, 0.05) is 20.6 Å². The zero-order valence-corrected chi connectivity index (χ0v) is 13.3. The molecule has 6 nitrogen and oxygen atoms in total. The minimum atomic E-state index is -1.49. The number of hydrogen-bond donors (Lipinski definition) is 2. The summed E-state index contributed by atoms with van der Waals surface area (Å²) in [5.74, 6) is -1.56. The highest BCUT2D eigenvalue weighted by Gasteiger charge is 2.35. The fourth-order valence-electron chi connectivity index (χ4n) is 2.43. The lowest BCUT2D eigenvalue weighted by Gasteiger charge is -2.32. The maximum Gasteiger partial charge on any atom is 0.511 e. The summed E-state index contributed by atoms with van der Waals surface area (Å²) >= 11 is 0. The van der Waals surface area contributed by atoms with Gasteiger partial charge in [-0.1, -0.05) is 32.3 Å². The molecule has 0 fully saturated rings. The number of rotatable bonds is 9. The van der Waals surface area contributed by atoms with Gasteiger partial charge in [-0.25, -0.2) is 4.79 Å². The standard InChI is InChI=1S/C16H24O6/c1-4-5-6-7-11-16(20-2,21-3)12-9-8-10-13(14(12)17)22-15(18)19/h8-10,17H,4-7,11H2,1-3H3,(H,18,19). The number of carboxylic acid groups (broad SMARTS) is 1. The number of unbranched alkanes of at least 4 members (excludes halogenated alkanes) is 3. The molecule has 0 radical (unpaired) electrons. The summed E-state index contributed by atoms with van der Waals surface area (Å²) in [4.78, 5) is 10.7. The van der Waals surface area contributed by atoms with E-state index in [0.717, 1.165) is 25.7 Å². The van der Waals surface area contributed by atoms with Gasteiger partial charge in [0.05, 0.1) is 5.56 Å². The van der Waals surface area contributed by atoms with Gasteiger partial charge in [0.1, 0.15) is 0 Å². The van der Waals surface area contributed by atoms with Gasteiger partial charge in [-0.15, -0.1) is 0 Å². The number of hydrogen-bond acceptors (Lipinski definition) is 5. The van der Waals surface area contributed by atoms with Crippen molar-refractivity contribution in [1.82, 2.24) is 0 Å². The summed E-state index contributed by atoms with van der Waals surface area (Å²) < 4.78 is 15.6. The minimum Gasteiger partial charge on any atom is -0.504 e. The summed E-state index contributed by atoms with van der Waals surface area (Å²) in [5, 5.41) is 19.0. The maximum atomic E-state index is 10.7. The molecule has 0 bridgehead atoms. The first kappa shape index (κ1) is 18.3. The number of benzene rings is 1. The number of para-hydroxylation sites is 1.